The van der Waals surface area contributed by atoms with Crippen molar-refractivity contribution < 1.29 is 21.5 Å². The van der Waals surface area contributed by atoms with Gasteiger partial charge in [-0.05, 0) is 19.1 Å². The number of halogens is 1. The molecule has 0 aliphatic rings. The minimum Gasteiger partial charge on any atom is -1.00 e. The first-order chi connectivity index (χ1) is 7.25. The molecule has 0 spiro atoms. The highest BCUT2D eigenvalue weighted by Crippen LogP contribution is 2.11. The summed E-state index contributed by atoms with van der Waals surface area (Å²) < 4.78 is 4.16. The molecule has 16 heavy (non-hydrogen) atoms. The predicted molar refractivity (Wildman–Crippen MR) is 60.4 cm³/mol. The monoisotopic (exact) mass is 281 g/mol. The summed E-state index contributed by atoms with van der Waals surface area (Å²) in [5, 5.41) is 3.42. The van der Waals surface area contributed by atoms with E-state index in [4.69, 9.17) is 0 Å². The van der Waals surface area contributed by atoms with Gasteiger partial charge in [-0.2, -0.15) is 0 Å². The van der Waals surface area contributed by atoms with Crippen molar-refractivity contribution in [3.8, 4) is 0 Å². The van der Waals surface area contributed by atoms with E-state index in [9.17, 15) is 0 Å². The van der Waals surface area contributed by atoms with E-state index in [0.29, 0.717) is 0 Å². The summed E-state index contributed by atoms with van der Waals surface area (Å²) in [6, 6.07) is 10.2. The van der Waals surface area contributed by atoms with Gasteiger partial charge in [0.05, 0.1) is 7.05 Å². The van der Waals surface area contributed by atoms with Gasteiger partial charge in [-0.3, -0.25) is 0 Å². The molecular formula is C12H16BrN3. The van der Waals surface area contributed by atoms with E-state index in [1.54, 1.807) is 0 Å². The number of hydrogen-bond donors (Lipinski definition) is 1. The molecule has 1 unspecified atom stereocenters. The van der Waals surface area contributed by atoms with Crippen LogP contribution in [0.2, 0.25) is 0 Å². The second-order valence-corrected chi connectivity index (χ2v) is 3.71. The van der Waals surface area contributed by atoms with E-state index in [1.165, 1.54) is 0 Å². The first kappa shape index (κ1) is 12.8. The van der Waals surface area contributed by atoms with Crippen LogP contribution in [0.5, 0.6) is 0 Å². The Balaban J connectivity index is 0.00000128. The smallest absolute Gasteiger partial charge is 0.245 e. The Morgan fingerprint density at radius 1 is 1.25 bits per heavy atom. The quantitative estimate of drug-likeness (QED) is 0.712. The summed E-state index contributed by atoms with van der Waals surface area (Å²) in [7, 11) is 2.02. The van der Waals surface area contributed by atoms with Crippen LogP contribution >= 0.6 is 0 Å². The molecule has 1 N–H and O–H groups in total. The minimum absolute atomic E-state index is 0. The van der Waals surface area contributed by atoms with E-state index < -0.39 is 0 Å². The number of aromatic nitrogens is 2. The number of anilines is 1. The number of rotatable bonds is 3. The Morgan fingerprint density at radius 3 is 2.50 bits per heavy atom. The number of para-hydroxylation sites is 1. The summed E-state index contributed by atoms with van der Waals surface area (Å²) in [6.45, 7) is 2.13. The highest BCUT2D eigenvalue weighted by Gasteiger charge is 2.08. The molecule has 0 radical (unpaired) electrons. The number of aryl methyl sites for hydroxylation is 1. The molecule has 2 aromatic rings. The van der Waals surface area contributed by atoms with Gasteiger partial charge in [-0.1, -0.05) is 18.2 Å². The van der Waals surface area contributed by atoms with Gasteiger partial charge >= 0.3 is 0 Å². The molecule has 1 atom stereocenters. The first-order valence-electron chi connectivity index (χ1n) is 5.10. The lowest BCUT2D eigenvalue weighted by molar-refractivity contribution is -0.671. The van der Waals surface area contributed by atoms with Crippen LogP contribution in [0, 0.1) is 0 Å². The summed E-state index contributed by atoms with van der Waals surface area (Å²) >= 11 is 0. The van der Waals surface area contributed by atoms with E-state index >= 15 is 0 Å². The van der Waals surface area contributed by atoms with E-state index in [1.807, 2.05) is 36.0 Å². The fourth-order valence-corrected chi connectivity index (χ4v) is 1.55. The van der Waals surface area contributed by atoms with Gasteiger partial charge in [0.1, 0.15) is 12.4 Å². The molecule has 0 aliphatic carbocycles. The average molecular weight is 282 g/mol. The maximum atomic E-state index is 3.42. The molecule has 0 saturated carbocycles. The number of benzene rings is 1. The maximum absolute atomic E-state index is 3.42. The molecule has 1 aromatic carbocycles. The van der Waals surface area contributed by atoms with Crippen molar-refractivity contribution in [3.05, 3.63) is 49.1 Å². The molecular weight excluding hydrogens is 266 g/mol. The van der Waals surface area contributed by atoms with Crippen molar-refractivity contribution in [2.45, 2.75) is 13.1 Å². The van der Waals surface area contributed by atoms with Gasteiger partial charge in [0.15, 0.2) is 6.17 Å². The Hall–Kier alpha value is -1.29. The Morgan fingerprint density at radius 2 is 1.94 bits per heavy atom. The standard InChI is InChI=1S/C12H16N3.BrH/c1-11(15-9-8-14(2)10-15)13-12-6-4-3-5-7-12;/h3-11,13H,1-2H3;1H/q+1;/p-1. The lowest BCUT2D eigenvalue weighted by atomic mass is 10.3. The fraction of sp³-hybridized carbons (Fsp3) is 0.250. The molecule has 2 rings (SSSR count). The Bertz CT molecular complexity index is 425. The third-order valence-corrected chi connectivity index (χ3v) is 2.39. The van der Waals surface area contributed by atoms with Gasteiger partial charge in [-0.15, -0.1) is 0 Å². The molecule has 0 bridgehead atoms. The number of nitrogens with one attached hydrogen (secondary N) is 1. The Labute approximate surface area is 106 Å². The van der Waals surface area contributed by atoms with Crippen LogP contribution in [-0.4, -0.2) is 4.57 Å². The highest BCUT2D eigenvalue weighted by molar-refractivity contribution is 5.42. The fourth-order valence-electron chi connectivity index (χ4n) is 1.55. The van der Waals surface area contributed by atoms with Crippen LogP contribution in [0.25, 0.3) is 0 Å². The predicted octanol–water partition coefficient (Wildman–Crippen LogP) is -1.05. The molecule has 0 fully saturated rings. The number of nitrogens with zero attached hydrogens (tertiary/aromatic N) is 2. The van der Waals surface area contributed by atoms with Crippen LogP contribution < -0.4 is 26.9 Å². The largest absolute Gasteiger partial charge is 1.00 e. The molecule has 86 valence electrons. The van der Waals surface area contributed by atoms with Gasteiger partial charge in [0.25, 0.3) is 0 Å². The van der Waals surface area contributed by atoms with Crippen LogP contribution in [-0.2, 0) is 7.05 Å². The normalized spacial score (nSPS) is 11.6. The second-order valence-electron chi connectivity index (χ2n) is 3.71. The number of hydrogen-bond acceptors (Lipinski definition) is 1. The van der Waals surface area contributed by atoms with Crippen LogP contribution in [0.1, 0.15) is 13.1 Å². The first-order valence-corrected chi connectivity index (χ1v) is 5.10. The summed E-state index contributed by atoms with van der Waals surface area (Å²) in [5.41, 5.74) is 1.14. The third-order valence-electron chi connectivity index (χ3n) is 2.39. The van der Waals surface area contributed by atoms with Gasteiger partial charge in [0, 0.05) is 5.69 Å². The highest BCUT2D eigenvalue weighted by atomic mass is 79.9. The minimum atomic E-state index is 0. The van der Waals surface area contributed by atoms with Gasteiger partial charge in [0.2, 0.25) is 6.33 Å². The summed E-state index contributed by atoms with van der Waals surface area (Å²) in [5.74, 6) is 0. The van der Waals surface area contributed by atoms with Crippen LogP contribution in [0.3, 0.4) is 0 Å². The number of imidazole rings is 1. The zero-order chi connectivity index (χ0) is 10.7. The molecule has 0 saturated heterocycles. The lowest BCUT2D eigenvalue weighted by Gasteiger charge is -2.11. The van der Waals surface area contributed by atoms with Crippen molar-refractivity contribution in [1.29, 1.82) is 0 Å². The second kappa shape index (κ2) is 5.70. The molecule has 1 heterocycles. The van der Waals surface area contributed by atoms with Crippen molar-refractivity contribution in [2.75, 3.05) is 5.32 Å². The average Bonchev–Trinajstić information content (AvgIpc) is 2.66. The van der Waals surface area contributed by atoms with Crippen molar-refractivity contribution >= 4 is 5.69 Å². The zero-order valence-electron chi connectivity index (χ0n) is 9.47. The van der Waals surface area contributed by atoms with E-state index in [0.717, 1.165) is 5.69 Å². The molecule has 0 amide bonds. The molecule has 1 aromatic heterocycles. The molecule has 3 nitrogen and oxygen atoms in total. The van der Waals surface area contributed by atoms with Crippen LogP contribution in [0.15, 0.2) is 49.1 Å². The van der Waals surface area contributed by atoms with Crippen molar-refractivity contribution in [3.63, 3.8) is 0 Å². The third kappa shape index (κ3) is 3.10. The van der Waals surface area contributed by atoms with Gasteiger partial charge < -0.3 is 22.3 Å². The molecule has 4 heteroatoms. The van der Waals surface area contributed by atoms with E-state index in [-0.39, 0.29) is 23.1 Å². The van der Waals surface area contributed by atoms with Gasteiger partial charge in [-0.25, -0.2) is 9.13 Å². The SMILES string of the molecule is CC(Nc1ccccc1)n1cc[n+](C)c1.[Br-]. The summed E-state index contributed by atoms with van der Waals surface area (Å²) in [6.07, 6.45) is 6.40. The topological polar surface area (TPSA) is 20.8 Å². The lowest BCUT2D eigenvalue weighted by Crippen LogP contribution is -3.00. The van der Waals surface area contributed by atoms with Crippen LogP contribution in [0.4, 0.5) is 5.69 Å². The Kier molecular flexibility index (Phi) is 4.55. The van der Waals surface area contributed by atoms with Crippen molar-refractivity contribution in [1.82, 2.24) is 4.57 Å². The molecule has 0 aliphatic heterocycles. The zero-order valence-corrected chi connectivity index (χ0v) is 11.1. The maximum Gasteiger partial charge on any atom is 0.245 e. The van der Waals surface area contributed by atoms with Crippen molar-refractivity contribution in [2.24, 2.45) is 7.05 Å². The van der Waals surface area contributed by atoms with E-state index in [2.05, 4.69) is 41.5 Å². The summed E-state index contributed by atoms with van der Waals surface area (Å²) in [4.78, 5) is 0.